The van der Waals surface area contributed by atoms with Crippen molar-refractivity contribution in [1.82, 2.24) is 14.7 Å². The zero-order chi connectivity index (χ0) is 14.9. The molecule has 0 bridgehead atoms. The Morgan fingerprint density at radius 3 is 2.80 bits per heavy atom. The Morgan fingerprint density at radius 1 is 1.55 bits per heavy atom. The van der Waals surface area contributed by atoms with Crippen LogP contribution in [0.5, 0.6) is 0 Å². The van der Waals surface area contributed by atoms with Crippen molar-refractivity contribution in [1.29, 1.82) is 0 Å². The van der Waals surface area contributed by atoms with Crippen LogP contribution in [0.4, 0.5) is 5.69 Å². The summed E-state index contributed by atoms with van der Waals surface area (Å²) in [6.07, 6.45) is 1.17. The van der Waals surface area contributed by atoms with Crippen molar-refractivity contribution in [2.24, 2.45) is 0 Å². The summed E-state index contributed by atoms with van der Waals surface area (Å²) in [5, 5.41) is 32.6. The summed E-state index contributed by atoms with van der Waals surface area (Å²) in [6.45, 7) is -0.385. The fourth-order valence-electron chi connectivity index (χ4n) is 2.09. The van der Waals surface area contributed by atoms with Gasteiger partial charge in [0, 0.05) is 13.0 Å². The molecular weight excluding hydrogens is 272 g/mol. The highest BCUT2D eigenvalue weighted by atomic mass is 16.6. The first-order valence-electron chi connectivity index (χ1n) is 5.75. The molecule has 0 spiro atoms. The van der Waals surface area contributed by atoms with Crippen LogP contribution in [0.3, 0.4) is 0 Å². The van der Waals surface area contributed by atoms with E-state index in [1.807, 2.05) is 0 Å². The molecule has 1 saturated heterocycles. The van der Waals surface area contributed by atoms with Gasteiger partial charge in [0.05, 0.1) is 11.0 Å². The molecule has 1 amide bonds. The molecular formula is C10H12N4O6. The van der Waals surface area contributed by atoms with Crippen LogP contribution in [0.2, 0.25) is 0 Å². The largest absolute Gasteiger partial charge is 0.480 e. The monoisotopic (exact) mass is 284 g/mol. The molecule has 0 radical (unpaired) electrons. The van der Waals surface area contributed by atoms with Crippen LogP contribution in [0, 0.1) is 10.1 Å². The molecule has 108 valence electrons. The maximum Gasteiger partial charge on any atom is 0.326 e. The second kappa shape index (κ2) is 5.25. The van der Waals surface area contributed by atoms with Gasteiger partial charge in [-0.2, -0.15) is 5.10 Å². The smallest absolute Gasteiger partial charge is 0.326 e. The highest BCUT2D eigenvalue weighted by molar-refractivity contribution is 5.84. The molecule has 1 aliphatic rings. The fraction of sp³-hybridized carbons (Fsp3) is 0.500. The van der Waals surface area contributed by atoms with Crippen molar-refractivity contribution in [2.75, 3.05) is 6.54 Å². The zero-order valence-electron chi connectivity index (χ0n) is 10.2. The van der Waals surface area contributed by atoms with E-state index in [0.29, 0.717) is 0 Å². The van der Waals surface area contributed by atoms with Gasteiger partial charge in [0.2, 0.25) is 5.91 Å². The second-order valence-electron chi connectivity index (χ2n) is 4.44. The molecule has 1 aromatic rings. The number of aromatic nitrogens is 2. The van der Waals surface area contributed by atoms with Crippen molar-refractivity contribution in [3.63, 3.8) is 0 Å². The second-order valence-corrected chi connectivity index (χ2v) is 4.44. The van der Waals surface area contributed by atoms with E-state index in [2.05, 4.69) is 5.10 Å². The number of aliphatic hydroxyl groups excluding tert-OH is 1. The summed E-state index contributed by atoms with van der Waals surface area (Å²) in [7, 11) is 0. The molecule has 20 heavy (non-hydrogen) atoms. The van der Waals surface area contributed by atoms with Crippen LogP contribution in [0.25, 0.3) is 0 Å². The van der Waals surface area contributed by atoms with E-state index in [1.165, 1.54) is 0 Å². The number of likely N-dealkylation sites (tertiary alicyclic amines) is 1. The van der Waals surface area contributed by atoms with Gasteiger partial charge in [-0.05, 0) is 0 Å². The van der Waals surface area contributed by atoms with Gasteiger partial charge in [0.15, 0.2) is 0 Å². The molecule has 1 unspecified atom stereocenters. The summed E-state index contributed by atoms with van der Waals surface area (Å²) in [6, 6.07) is -1.08. The van der Waals surface area contributed by atoms with Gasteiger partial charge in [-0.25, -0.2) is 4.79 Å². The zero-order valence-corrected chi connectivity index (χ0v) is 10.2. The standard InChI is InChI=1S/C10H12N4O6/c15-7-1-8(10(17)18)13(4-7)9(16)5-12-3-6(2-11-12)14(19)20/h2-3,7-8,15H,1,4-5H2,(H,17,18)/t7?,8-/m0/s1. The first-order chi connectivity index (χ1) is 9.38. The minimum absolute atomic E-state index is 0.0275. The van der Waals surface area contributed by atoms with Crippen LogP contribution in [-0.4, -0.2) is 60.4 Å². The topological polar surface area (TPSA) is 139 Å². The van der Waals surface area contributed by atoms with E-state index < -0.39 is 28.9 Å². The van der Waals surface area contributed by atoms with Crippen molar-refractivity contribution < 1.29 is 24.7 Å². The highest BCUT2D eigenvalue weighted by Gasteiger charge is 2.38. The summed E-state index contributed by atoms with van der Waals surface area (Å²) in [4.78, 5) is 33.8. The lowest BCUT2D eigenvalue weighted by molar-refractivity contribution is -0.385. The van der Waals surface area contributed by atoms with Crippen molar-refractivity contribution in [3.8, 4) is 0 Å². The van der Waals surface area contributed by atoms with E-state index in [4.69, 9.17) is 5.11 Å². The summed E-state index contributed by atoms with van der Waals surface area (Å²) < 4.78 is 1.06. The summed E-state index contributed by atoms with van der Waals surface area (Å²) in [5.74, 6) is -1.76. The number of hydrogen-bond donors (Lipinski definition) is 2. The predicted octanol–water partition coefficient (Wildman–Crippen LogP) is -1.16. The quantitative estimate of drug-likeness (QED) is 0.525. The number of β-amino-alcohol motifs (C(OH)–C–C–N with tert-alkyl or cyclic N) is 1. The van der Waals surface area contributed by atoms with Gasteiger partial charge < -0.3 is 15.1 Å². The minimum Gasteiger partial charge on any atom is -0.480 e. The third-order valence-electron chi connectivity index (χ3n) is 3.01. The predicted molar refractivity (Wildman–Crippen MR) is 62.6 cm³/mol. The van der Waals surface area contributed by atoms with Crippen LogP contribution in [-0.2, 0) is 16.1 Å². The van der Waals surface area contributed by atoms with E-state index in [1.54, 1.807) is 0 Å². The number of aliphatic carboxylic acids is 1. The first-order valence-corrected chi connectivity index (χ1v) is 5.75. The van der Waals surface area contributed by atoms with Crippen LogP contribution in [0.15, 0.2) is 12.4 Å². The molecule has 1 aromatic heterocycles. The molecule has 10 heteroatoms. The normalized spacial score (nSPS) is 21.9. The Morgan fingerprint density at radius 2 is 2.25 bits per heavy atom. The molecule has 2 rings (SSSR count). The van der Waals surface area contributed by atoms with Gasteiger partial charge in [0.25, 0.3) is 0 Å². The molecule has 0 saturated carbocycles. The number of rotatable bonds is 4. The summed E-state index contributed by atoms with van der Waals surface area (Å²) in [5.41, 5.74) is -0.256. The number of carbonyl (C=O) groups is 2. The number of nitrogens with zero attached hydrogens (tertiary/aromatic N) is 4. The van der Waals surface area contributed by atoms with E-state index in [9.17, 15) is 24.8 Å². The van der Waals surface area contributed by atoms with Crippen molar-refractivity contribution >= 4 is 17.6 Å². The number of carbonyl (C=O) groups excluding carboxylic acids is 1. The van der Waals surface area contributed by atoms with Crippen molar-refractivity contribution in [3.05, 3.63) is 22.5 Å². The molecule has 2 N–H and O–H groups in total. The average molecular weight is 284 g/mol. The molecule has 1 aliphatic heterocycles. The molecule has 2 atom stereocenters. The Labute approximate surface area is 112 Å². The van der Waals surface area contributed by atoms with Gasteiger partial charge in [-0.15, -0.1) is 0 Å². The first kappa shape index (κ1) is 13.9. The summed E-state index contributed by atoms with van der Waals surface area (Å²) >= 11 is 0. The average Bonchev–Trinajstić information content (AvgIpc) is 2.95. The minimum atomic E-state index is -1.19. The van der Waals surface area contributed by atoms with Crippen LogP contribution in [0.1, 0.15) is 6.42 Å². The van der Waals surface area contributed by atoms with Gasteiger partial charge in [-0.1, -0.05) is 0 Å². The number of carboxylic acid groups (broad SMARTS) is 1. The molecule has 1 fully saturated rings. The van der Waals surface area contributed by atoms with Gasteiger partial charge in [-0.3, -0.25) is 19.6 Å². The Bertz CT molecular complexity index is 556. The van der Waals surface area contributed by atoms with Crippen LogP contribution < -0.4 is 0 Å². The number of amides is 1. The number of hydrogen-bond acceptors (Lipinski definition) is 6. The van der Waals surface area contributed by atoms with Gasteiger partial charge >= 0.3 is 11.7 Å². The maximum absolute atomic E-state index is 12.0. The Hall–Kier alpha value is -2.49. The fourth-order valence-corrected chi connectivity index (χ4v) is 2.09. The molecule has 2 heterocycles. The van der Waals surface area contributed by atoms with E-state index in [-0.39, 0.29) is 25.2 Å². The Balaban J connectivity index is 2.07. The number of aliphatic hydroxyl groups is 1. The Kier molecular flexibility index (Phi) is 3.66. The number of carboxylic acids is 1. The van der Waals surface area contributed by atoms with Crippen molar-refractivity contribution in [2.45, 2.75) is 25.1 Å². The number of nitro groups is 1. The molecule has 0 aromatic carbocycles. The lowest BCUT2D eigenvalue weighted by Crippen LogP contribution is -2.42. The lowest BCUT2D eigenvalue weighted by atomic mass is 10.2. The molecule has 0 aliphatic carbocycles. The third-order valence-corrected chi connectivity index (χ3v) is 3.01. The SMILES string of the molecule is O=C(O)[C@@H]1CC(O)CN1C(=O)Cn1cc([N+](=O)[O-])cn1. The van der Waals surface area contributed by atoms with E-state index >= 15 is 0 Å². The van der Waals surface area contributed by atoms with E-state index in [0.717, 1.165) is 22.0 Å². The highest BCUT2D eigenvalue weighted by Crippen LogP contribution is 2.19. The lowest BCUT2D eigenvalue weighted by Gasteiger charge is -2.20. The third kappa shape index (κ3) is 2.74. The maximum atomic E-state index is 12.0. The van der Waals surface area contributed by atoms with Gasteiger partial charge in [0.1, 0.15) is 25.0 Å². The molecule has 10 nitrogen and oxygen atoms in total. The van der Waals surface area contributed by atoms with Crippen LogP contribution >= 0.6 is 0 Å².